The van der Waals surface area contributed by atoms with Crippen LogP contribution in [0.1, 0.15) is 30.0 Å². The molecule has 114 valence electrons. The van der Waals surface area contributed by atoms with Crippen LogP contribution in [0.5, 0.6) is 0 Å². The van der Waals surface area contributed by atoms with Gasteiger partial charge in [-0.1, -0.05) is 6.07 Å². The quantitative estimate of drug-likeness (QED) is 0.931. The summed E-state index contributed by atoms with van der Waals surface area (Å²) in [4.78, 5) is 15.5. The van der Waals surface area contributed by atoms with E-state index in [2.05, 4.69) is 4.98 Å². The van der Waals surface area contributed by atoms with Crippen LogP contribution < -0.4 is 0 Å². The van der Waals surface area contributed by atoms with Crippen molar-refractivity contribution in [2.75, 3.05) is 6.26 Å². The largest absolute Gasteiger partial charge is 0.478 e. The molecule has 0 fully saturated rings. The topological polar surface area (TPSA) is 89.3 Å². The highest BCUT2D eigenvalue weighted by molar-refractivity contribution is 7.92. The highest BCUT2D eigenvalue weighted by atomic mass is 32.2. The van der Waals surface area contributed by atoms with Gasteiger partial charge < -0.3 is 9.67 Å². The van der Waals surface area contributed by atoms with Crippen molar-refractivity contribution in [2.24, 2.45) is 0 Å². The van der Waals surface area contributed by atoms with E-state index in [1.807, 2.05) is 0 Å². The molecule has 0 aliphatic rings. The van der Waals surface area contributed by atoms with Crippen molar-refractivity contribution in [2.45, 2.75) is 32.1 Å². The summed E-state index contributed by atoms with van der Waals surface area (Å²) in [5.74, 6) is -0.456. The number of rotatable bonds is 4. The molecule has 0 aliphatic carbocycles. The maximum absolute atomic E-state index is 11.9. The zero-order chi connectivity index (χ0) is 16.0. The lowest BCUT2D eigenvalue weighted by atomic mass is 10.1. The van der Waals surface area contributed by atoms with Crippen LogP contribution in [-0.4, -0.2) is 40.0 Å². The molecule has 21 heavy (non-hydrogen) atoms. The minimum atomic E-state index is -3.26. The molecule has 2 aromatic rings. The second-order valence-electron chi connectivity index (χ2n) is 5.76. The van der Waals surface area contributed by atoms with Gasteiger partial charge in [-0.2, -0.15) is 0 Å². The number of aryl methyl sites for hydroxylation is 1. The molecule has 0 unspecified atom stereocenters. The van der Waals surface area contributed by atoms with Crippen LogP contribution in [0.4, 0.5) is 0 Å². The average molecular weight is 310 g/mol. The fraction of sp³-hybridized carbons (Fsp3) is 0.429. The normalized spacial score (nSPS) is 12.8. The molecule has 0 amide bonds. The number of carboxylic acid groups (broad SMARTS) is 1. The molecule has 0 saturated heterocycles. The van der Waals surface area contributed by atoms with E-state index in [1.165, 1.54) is 12.3 Å². The third-order valence-electron chi connectivity index (χ3n) is 3.74. The number of aromatic nitrogens is 2. The summed E-state index contributed by atoms with van der Waals surface area (Å²) in [6, 6.07) is 4.88. The van der Waals surface area contributed by atoms with Crippen molar-refractivity contribution >= 4 is 26.8 Å². The summed E-state index contributed by atoms with van der Waals surface area (Å²) < 4.78 is 24.5. The molecule has 1 aromatic carbocycles. The Morgan fingerprint density at radius 2 is 2.00 bits per heavy atom. The molecule has 0 bridgehead atoms. The second-order valence-corrected chi connectivity index (χ2v) is 8.40. The second kappa shape index (κ2) is 4.84. The molecule has 0 atom stereocenters. The number of nitrogens with zero attached hydrogens (tertiary/aromatic N) is 2. The third kappa shape index (κ3) is 2.65. The minimum Gasteiger partial charge on any atom is -0.478 e. The van der Waals surface area contributed by atoms with Gasteiger partial charge in [-0.15, -0.1) is 0 Å². The first kappa shape index (κ1) is 15.5. The van der Waals surface area contributed by atoms with Crippen molar-refractivity contribution in [3.63, 3.8) is 0 Å². The summed E-state index contributed by atoms with van der Waals surface area (Å²) in [6.45, 7) is 5.25. The van der Waals surface area contributed by atoms with Gasteiger partial charge in [0.2, 0.25) is 0 Å². The van der Waals surface area contributed by atoms with E-state index in [-0.39, 0.29) is 12.1 Å². The Labute approximate surface area is 123 Å². The van der Waals surface area contributed by atoms with E-state index in [9.17, 15) is 18.3 Å². The van der Waals surface area contributed by atoms with E-state index < -0.39 is 20.6 Å². The number of benzene rings is 1. The Hall–Kier alpha value is -1.89. The lowest BCUT2D eigenvalue weighted by molar-refractivity contribution is 0.0699. The summed E-state index contributed by atoms with van der Waals surface area (Å²) in [5, 5.41) is 9.20. The molecule has 2 rings (SSSR count). The maximum Gasteiger partial charge on any atom is 0.337 e. The van der Waals surface area contributed by atoms with Gasteiger partial charge in [-0.3, -0.25) is 0 Å². The lowest BCUT2D eigenvalue weighted by Gasteiger charge is -2.24. The maximum atomic E-state index is 11.9. The lowest BCUT2D eigenvalue weighted by Crippen LogP contribution is -2.36. The van der Waals surface area contributed by atoms with Crippen molar-refractivity contribution in [1.82, 2.24) is 9.55 Å². The van der Waals surface area contributed by atoms with Gasteiger partial charge in [0.05, 0.1) is 15.8 Å². The molecule has 0 aliphatic heterocycles. The Bertz CT molecular complexity index is 819. The molecule has 1 heterocycles. The van der Waals surface area contributed by atoms with Gasteiger partial charge in [0.15, 0.2) is 9.84 Å². The van der Waals surface area contributed by atoms with Crippen LogP contribution in [0.2, 0.25) is 0 Å². The molecule has 0 saturated carbocycles. The van der Waals surface area contributed by atoms with Gasteiger partial charge in [0, 0.05) is 12.8 Å². The van der Waals surface area contributed by atoms with Crippen molar-refractivity contribution in [3.8, 4) is 0 Å². The van der Waals surface area contributed by atoms with E-state index in [0.29, 0.717) is 16.9 Å². The highest BCUT2D eigenvalue weighted by Gasteiger charge is 2.32. The predicted molar refractivity (Wildman–Crippen MR) is 80.4 cm³/mol. The molecular formula is C14H18N2O4S. The number of imidazole rings is 1. The summed E-state index contributed by atoms with van der Waals surface area (Å²) in [5.41, 5.74) is 1.13. The number of carboxylic acids is 1. The van der Waals surface area contributed by atoms with Gasteiger partial charge in [0.1, 0.15) is 11.3 Å². The van der Waals surface area contributed by atoms with Gasteiger partial charge in [-0.05, 0) is 32.9 Å². The highest BCUT2D eigenvalue weighted by Crippen LogP contribution is 2.25. The first-order valence-corrected chi connectivity index (χ1v) is 8.32. The number of fused-ring (bicyclic) bond motifs is 1. The van der Waals surface area contributed by atoms with Crippen LogP contribution >= 0.6 is 0 Å². The Morgan fingerprint density at radius 3 is 2.52 bits per heavy atom. The van der Waals surface area contributed by atoms with Crippen LogP contribution in [0.3, 0.4) is 0 Å². The summed E-state index contributed by atoms with van der Waals surface area (Å²) >= 11 is 0. The molecule has 1 aromatic heterocycles. The third-order valence-corrected chi connectivity index (χ3v) is 5.88. The van der Waals surface area contributed by atoms with Gasteiger partial charge in [-0.25, -0.2) is 18.2 Å². The molecule has 1 N–H and O–H groups in total. The van der Waals surface area contributed by atoms with Crippen LogP contribution in [0, 0.1) is 6.92 Å². The monoisotopic (exact) mass is 310 g/mol. The first-order chi connectivity index (χ1) is 9.54. The van der Waals surface area contributed by atoms with E-state index in [1.54, 1.807) is 37.5 Å². The Kier molecular flexibility index (Phi) is 3.57. The van der Waals surface area contributed by atoms with Gasteiger partial charge in [0.25, 0.3) is 0 Å². The molecule has 7 heteroatoms. The zero-order valence-electron chi connectivity index (χ0n) is 12.4. The standard InChI is InChI=1S/C14H18N2O4S/c1-9-15-12-10(13(17)18)6-5-7-11(12)16(9)8-14(2,3)21(4,19)20/h5-7H,8H2,1-4H3,(H,17,18). The average Bonchev–Trinajstić information content (AvgIpc) is 2.64. The van der Waals surface area contributed by atoms with Crippen molar-refractivity contribution < 1.29 is 18.3 Å². The Morgan fingerprint density at radius 1 is 1.38 bits per heavy atom. The Balaban J connectivity index is 2.64. The van der Waals surface area contributed by atoms with Crippen LogP contribution in [0.25, 0.3) is 11.0 Å². The molecular weight excluding hydrogens is 292 g/mol. The minimum absolute atomic E-state index is 0.117. The number of hydrogen-bond donors (Lipinski definition) is 1. The number of para-hydroxylation sites is 1. The van der Waals surface area contributed by atoms with E-state index >= 15 is 0 Å². The fourth-order valence-electron chi connectivity index (χ4n) is 2.13. The molecule has 6 nitrogen and oxygen atoms in total. The van der Waals surface area contributed by atoms with Crippen LogP contribution in [-0.2, 0) is 16.4 Å². The van der Waals surface area contributed by atoms with Crippen molar-refractivity contribution in [1.29, 1.82) is 0 Å². The van der Waals surface area contributed by atoms with Gasteiger partial charge >= 0.3 is 5.97 Å². The van der Waals surface area contributed by atoms with E-state index in [0.717, 1.165) is 0 Å². The first-order valence-electron chi connectivity index (χ1n) is 6.43. The SMILES string of the molecule is Cc1nc2c(C(=O)O)cccc2n1CC(C)(C)S(C)(=O)=O. The van der Waals surface area contributed by atoms with Crippen molar-refractivity contribution in [3.05, 3.63) is 29.6 Å². The number of aromatic carboxylic acids is 1. The summed E-state index contributed by atoms with van der Waals surface area (Å²) in [7, 11) is -3.26. The molecule has 0 radical (unpaired) electrons. The zero-order valence-corrected chi connectivity index (χ0v) is 13.2. The van der Waals surface area contributed by atoms with Crippen LogP contribution in [0.15, 0.2) is 18.2 Å². The number of carbonyl (C=O) groups is 1. The number of sulfone groups is 1. The predicted octanol–water partition coefficient (Wildman–Crippen LogP) is 1.87. The number of hydrogen-bond acceptors (Lipinski definition) is 4. The van der Waals surface area contributed by atoms with E-state index in [4.69, 9.17) is 0 Å². The summed E-state index contributed by atoms with van der Waals surface area (Å²) in [6.07, 6.45) is 1.20. The molecule has 0 spiro atoms. The smallest absolute Gasteiger partial charge is 0.337 e. The fourth-order valence-corrected chi connectivity index (χ4v) is 2.50.